The van der Waals surface area contributed by atoms with Crippen LogP contribution in [0.1, 0.15) is 21.7 Å². The molecule has 0 unspecified atom stereocenters. The number of carbonyl (C=O) groups excluding carboxylic acids is 1. The summed E-state index contributed by atoms with van der Waals surface area (Å²) in [6.45, 7) is 5.15. The maximum atomic E-state index is 13.1. The minimum Gasteiger partial charge on any atom is -0.497 e. The minimum atomic E-state index is -0.363. The normalized spacial score (nSPS) is 14.4. The van der Waals surface area contributed by atoms with Crippen LogP contribution >= 0.6 is 11.6 Å². The first-order chi connectivity index (χ1) is 15.4. The summed E-state index contributed by atoms with van der Waals surface area (Å²) in [5.41, 5.74) is 2.16. The van der Waals surface area contributed by atoms with Crippen molar-refractivity contribution >= 4 is 17.5 Å². The number of aryl methyl sites for hydroxylation is 1. The van der Waals surface area contributed by atoms with Gasteiger partial charge in [-0.3, -0.25) is 14.5 Å². The predicted octanol–water partition coefficient (Wildman–Crippen LogP) is 3.16. The number of aromatic nitrogens is 2. The first-order valence-electron chi connectivity index (χ1n) is 10.5. The Morgan fingerprint density at radius 1 is 1.03 bits per heavy atom. The molecular weight excluding hydrogens is 428 g/mol. The fourth-order valence-corrected chi connectivity index (χ4v) is 3.91. The maximum absolute atomic E-state index is 13.1. The molecule has 0 bridgehead atoms. The van der Waals surface area contributed by atoms with Crippen LogP contribution in [-0.4, -0.2) is 58.8 Å². The zero-order valence-electron chi connectivity index (χ0n) is 18.1. The van der Waals surface area contributed by atoms with Crippen molar-refractivity contribution in [2.24, 2.45) is 0 Å². The van der Waals surface area contributed by atoms with E-state index in [9.17, 15) is 9.59 Å². The highest BCUT2D eigenvalue weighted by atomic mass is 35.5. The Hall–Kier alpha value is -3.16. The largest absolute Gasteiger partial charge is 0.497 e. The number of piperazine rings is 1. The van der Waals surface area contributed by atoms with Gasteiger partial charge in [0.05, 0.1) is 12.8 Å². The number of amides is 1. The van der Waals surface area contributed by atoms with E-state index in [0.29, 0.717) is 23.8 Å². The molecule has 0 N–H and O–H groups in total. The molecule has 4 rings (SSSR count). The van der Waals surface area contributed by atoms with Crippen molar-refractivity contribution in [3.05, 3.63) is 86.8 Å². The predicted molar refractivity (Wildman–Crippen MR) is 124 cm³/mol. The number of benzene rings is 2. The SMILES string of the molecule is COc1ccc(CN2CCN(C(=O)c3nn(-c4ccc(Cl)cc4)c(C)cc3=O)CC2)cc1. The lowest BCUT2D eigenvalue weighted by Gasteiger charge is -2.34. The molecule has 2 aromatic carbocycles. The van der Waals surface area contributed by atoms with E-state index in [1.54, 1.807) is 47.9 Å². The van der Waals surface area contributed by atoms with Crippen LogP contribution in [0.2, 0.25) is 5.02 Å². The van der Waals surface area contributed by atoms with E-state index in [2.05, 4.69) is 10.00 Å². The van der Waals surface area contributed by atoms with Crippen LogP contribution in [-0.2, 0) is 6.54 Å². The van der Waals surface area contributed by atoms with Crippen LogP contribution in [0, 0.1) is 6.92 Å². The molecule has 1 aliphatic rings. The molecule has 1 aromatic heterocycles. The molecule has 8 heteroatoms. The Morgan fingerprint density at radius 2 is 1.69 bits per heavy atom. The summed E-state index contributed by atoms with van der Waals surface area (Å²) in [6, 6.07) is 16.6. The molecule has 7 nitrogen and oxygen atoms in total. The molecule has 3 aromatic rings. The lowest BCUT2D eigenvalue weighted by Crippen LogP contribution is -2.49. The zero-order valence-corrected chi connectivity index (χ0v) is 18.9. The fourth-order valence-electron chi connectivity index (χ4n) is 3.79. The quantitative estimate of drug-likeness (QED) is 0.595. The molecule has 32 heavy (non-hydrogen) atoms. The van der Waals surface area contributed by atoms with Crippen molar-refractivity contribution < 1.29 is 9.53 Å². The second kappa shape index (κ2) is 9.54. The molecule has 1 saturated heterocycles. The Morgan fingerprint density at radius 3 is 2.31 bits per heavy atom. The van der Waals surface area contributed by atoms with E-state index < -0.39 is 0 Å². The van der Waals surface area contributed by atoms with Gasteiger partial charge in [0.25, 0.3) is 5.91 Å². The topological polar surface area (TPSA) is 67.7 Å². The average molecular weight is 453 g/mol. The second-order valence-corrected chi connectivity index (χ2v) is 8.24. The molecule has 0 aliphatic carbocycles. The van der Waals surface area contributed by atoms with Gasteiger partial charge < -0.3 is 9.64 Å². The zero-order chi connectivity index (χ0) is 22.7. The summed E-state index contributed by atoms with van der Waals surface area (Å²) in [5, 5.41) is 5.00. The lowest BCUT2D eigenvalue weighted by molar-refractivity contribution is 0.0619. The summed E-state index contributed by atoms with van der Waals surface area (Å²) < 4.78 is 6.81. The number of carbonyl (C=O) groups is 1. The third-order valence-electron chi connectivity index (χ3n) is 5.61. The van der Waals surface area contributed by atoms with Gasteiger partial charge in [0.2, 0.25) is 5.43 Å². The van der Waals surface area contributed by atoms with E-state index in [-0.39, 0.29) is 17.0 Å². The number of nitrogens with zero attached hydrogens (tertiary/aromatic N) is 4. The van der Waals surface area contributed by atoms with Crippen LogP contribution in [0.5, 0.6) is 5.75 Å². The summed E-state index contributed by atoms with van der Waals surface area (Å²) in [4.78, 5) is 29.7. The molecular formula is C24H25ClN4O3. The van der Waals surface area contributed by atoms with Crippen LogP contribution in [0.25, 0.3) is 5.69 Å². The first kappa shape index (κ1) is 22.0. The maximum Gasteiger partial charge on any atom is 0.278 e. The van der Waals surface area contributed by atoms with E-state index in [1.807, 2.05) is 24.3 Å². The molecule has 1 amide bonds. The molecule has 166 valence electrons. The number of rotatable bonds is 5. The van der Waals surface area contributed by atoms with Gasteiger partial charge in [0, 0.05) is 49.5 Å². The highest BCUT2D eigenvalue weighted by Crippen LogP contribution is 2.16. The lowest BCUT2D eigenvalue weighted by atomic mass is 10.2. The summed E-state index contributed by atoms with van der Waals surface area (Å²) in [7, 11) is 1.65. The summed E-state index contributed by atoms with van der Waals surface area (Å²) in [6.07, 6.45) is 0. The minimum absolute atomic E-state index is 0.0610. The highest BCUT2D eigenvalue weighted by Gasteiger charge is 2.25. The Bertz CT molecular complexity index is 1150. The van der Waals surface area contributed by atoms with E-state index in [0.717, 1.165) is 31.1 Å². The molecule has 0 spiro atoms. The first-order valence-corrected chi connectivity index (χ1v) is 10.8. The number of hydrogen-bond donors (Lipinski definition) is 0. The number of halogens is 1. The average Bonchev–Trinajstić information content (AvgIpc) is 2.80. The Kier molecular flexibility index (Phi) is 6.58. The summed E-state index contributed by atoms with van der Waals surface area (Å²) >= 11 is 5.97. The van der Waals surface area contributed by atoms with E-state index in [1.165, 1.54) is 11.6 Å². The van der Waals surface area contributed by atoms with Gasteiger partial charge in [-0.2, -0.15) is 5.10 Å². The molecule has 2 heterocycles. The van der Waals surface area contributed by atoms with E-state index >= 15 is 0 Å². The molecule has 1 fully saturated rings. The van der Waals surface area contributed by atoms with Gasteiger partial charge in [0.1, 0.15) is 5.75 Å². The van der Waals surface area contributed by atoms with Crippen molar-refractivity contribution in [1.29, 1.82) is 0 Å². The number of methoxy groups -OCH3 is 1. The third-order valence-corrected chi connectivity index (χ3v) is 5.86. The van der Waals surface area contributed by atoms with E-state index in [4.69, 9.17) is 16.3 Å². The second-order valence-electron chi connectivity index (χ2n) is 7.80. The molecule has 1 aliphatic heterocycles. The van der Waals surface area contributed by atoms with Crippen molar-refractivity contribution in [2.45, 2.75) is 13.5 Å². The van der Waals surface area contributed by atoms with Crippen LogP contribution in [0.4, 0.5) is 0 Å². The molecule has 0 atom stereocenters. The van der Waals surface area contributed by atoms with Crippen LogP contribution in [0.15, 0.2) is 59.4 Å². The number of hydrogen-bond acceptors (Lipinski definition) is 5. The Balaban J connectivity index is 1.45. The van der Waals surface area contributed by atoms with Gasteiger partial charge in [-0.25, -0.2) is 4.68 Å². The van der Waals surface area contributed by atoms with Crippen molar-refractivity contribution in [2.75, 3.05) is 33.3 Å². The standard InChI is InChI=1S/C24H25ClN4O3/c1-17-15-22(30)23(26-29(17)20-7-5-19(25)6-8-20)24(31)28-13-11-27(12-14-28)16-18-3-9-21(32-2)10-4-18/h3-10,15H,11-14,16H2,1-2H3. The third kappa shape index (κ3) is 4.84. The van der Waals surface area contributed by atoms with Crippen molar-refractivity contribution in [3.8, 4) is 11.4 Å². The van der Waals surface area contributed by atoms with Crippen LogP contribution < -0.4 is 10.2 Å². The van der Waals surface area contributed by atoms with Gasteiger partial charge in [0.15, 0.2) is 5.69 Å². The Labute approximate surface area is 191 Å². The highest BCUT2D eigenvalue weighted by molar-refractivity contribution is 6.30. The van der Waals surface area contributed by atoms with Crippen molar-refractivity contribution in [3.63, 3.8) is 0 Å². The monoisotopic (exact) mass is 452 g/mol. The number of ether oxygens (including phenoxy) is 1. The smallest absolute Gasteiger partial charge is 0.278 e. The molecule has 0 radical (unpaired) electrons. The molecule has 0 saturated carbocycles. The van der Waals surface area contributed by atoms with Crippen LogP contribution in [0.3, 0.4) is 0 Å². The fraction of sp³-hybridized carbons (Fsp3) is 0.292. The van der Waals surface area contributed by atoms with Gasteiger partial charge >= 0.3 is 0 Å². The summed E-state index contributed by atoms with van der Waals surface area (Å²) in [5.74, 6) is 0.501. The van der Waals surface area contributed by atoms with Gasteiger partial charge in [-0.15, -0.1) is 0 Å². The van der Waals surface area contributed by atoms with Gasteiger partial charge in [-0.1, -0.05) is 23.7 Å². The van der Waals surface area contributed by atoms with Gasteiger partial charge in [-0.05, 0) is 48.9 Å². The van der Waals surface area contributed by atoms with Crippen molar-refractivity contribution in [1.82, 2.24) is 19.6 Å².